The number of anilines is 1. The number of aromatic nitrogens is 2. The first-order valence-electron chi connectivity index (χ1n) is 8.46. The van der Waals surface area contributed by atoms with Crippen molar-refractivity contribution in [1.29, 1.82) is 0 Å². The van der Waals surface area contributed by atoms with Gasteiger partial charge in [-0.1, -0.05) is 19.6 Å². The van der Waals surface area contributed by atoms with Crippen LogP contribution in [0.5, 0.6) is 0 Å². The molecule has 2 aromatic rings. The van der Waals surface area contributed by atoms with E-state index in [1.807, 2.05) is 24.3 Å². The minimum atomic E-state index is -0.123. The van der Waals surface area contributed by atoms with Gasteiger partial charge in [0.1, 0.15) is 5.69 Å². The number of pyridine rings is 2. The summed E-state index contributed by atoms with van der Waals surface area (Å²) >= 11 is 0. The van der Waals surface area contributed by atoms with Crippen LogP contribution < -0.4 is 10.5 Å². The molecule has 6 nitrogen and oxygen atoms in total. The van der Waals surface area contributed by atoms with Crippen LogP contribution in [0.2, 0.25) is 0 Å². The van der Waals surface area contributed by atoms with Crippen molar-refractivity contribution >= 4 is 11.6 Å². The van der Waals surface area contributed by atoms with Crippen LogP contribution >= 0.6 is 0 Å². The molecule has 0 saturated carbocycles. The van der Waals surface area contributed by atoms with Gasteiger partial charge in [-0.3, -0.25) is 14.6 Å². The summed E-state index contributed by atoms with van der Waals surface area (Å²) in [7, 11) is 0. The van der Waals surface area contributed by atoms with Gasteiger partial charge in [-0.25, -0.2) is 0 Å². The highest BCUT2D eigenvalue weighted by Crippen LogP contribution is 2.24. The SMILES string of the molecule is C=CC(=O)N1CC(N(CCC)c2cc(-c3ccccn3)c[nH]c2=O)C1. The van der Waals surface area contributed by atoms with E-state index < -0.39 is 0 Å². The van der Waals surface area contributed by atoms with Crippen molar-refractivity contribution in [3.8, 4) is 11.3 Å². The fraction of sp³-hybridized carbons (Fsp3) is 0.316. The quantitative estimate of drug-likeness (QED) is 0.819. The van der Waals surface area contributed by atoms with E-state index in [-0.39, 0.29) is 17.5 Å². The summed E-state index contributed by atoms with van der Waals surface area (Å²) < 4.78 is 0. The number of H-pyrrole nitrogens is 1. The van der Waals surface area contributed by atoms with E-state index in [2.05, 4.69) is 28.4 Å². The van der Waals surface area contributed by atoms with Gasteiger partial charge in [0, 0.05) is 37.6 Å². The second kappa shape index (κ2) is 7.34. The van der Waals surface area contributed by atoms with Crippen LogP contribution in [0, 0.1) is 0 Å². The summed E-state index contributed by atoms with van der Waals surface area (Å²) in [5, 5.41) is 0. The number of carbonyl (C=O) groups excluding carboxylic acids is 1. The maximum atomic E-state index is 12.4. The second-order valence-corrected chi connectivity index (χ2v) is 6.11. The minimum Gasteiger partial charge on any atom is -0.361 e. The molecule has 0 atom stereocenters. The number of amides is 1. The molecule has 1 N–H and O–H groups in total. The molecule has 130 valence electrons. The Hall–Kier alpha value is -2.89. The summed E-state index contributed by atoms with van der Waals surface area (Å²) in [5.41, 5.74) is 2.19. The van der Waals surface area contributed by atoms with Gasteiger partial charge < -0.3 is 14.8 Å². The van der Waals surface area contributed by atoms with Crippen molar-refractivity contribution in [2.75, 3.05) is 24.5 Å². The summed E-state index contributed by atoms with van der Waals surface area (Å²) in [4.78, 5) is 35.1. The lowest BCUT2D eigenvalue weighted by Gasteiger charge is -2.45. The Labute approximate surface area is 146 Å². The molecular formula is C19H22N4O2. The van der Waals surface area contributed by atoms with Gasteiger partial charge >= 0.3 is 0 Å². The smallest absolute Gasteiger partial charge is 0.271 e. The normalized spacial score (nSPS) is 14.0. The predicted molar refractivity (Wildman–Crippen MR) is 98.5 cm³/mol. The first-order chi connectivity index (χ1) is 12.1. The van der Waals surface area contributed by atoms with Crippen molar-refractivity contribution in [2.45, 2.75) is 19.4 Å². The number of likely N-dealkylation sites (tertiary alicyclic amines) is 1. The van der Waals surface area contributed by atoms with Gasteiger partial charge in [-0.15, -0.1) is 0 Å². The third-order valence-electron chi connectivity index (χ3n) is 4.41. The highest BCUT2D eigenvalue weighted by molar-refractivity contribution is 5.87. The molecule has 1 amide bonds. The lowest BCUT2D eigenvalue weighted by Crippen LogP contribution is -2.61. The molecule has 3 rings (SSSR count). The molecule has 2 aromatic heterocycles. The number of hydrogen-bond donors (Lipinski definition) is 1. The Balaban J connectivity index is 1.88. The first kappa shape index (κ1) is 17.0. The van der Waals surface area contributed by atoms with Gasteiger partial charge in [0.05, 0.1) is 11.7 Å². The molecule has 0 spiro atoms. The summed E-state index contributed by atoms with van der Waals surface area (Å²) in [5.74, 6) is -0.0659. The lowest BCUT2D eigenvalue weighted by atomic mass is 10.0. The molecule has 0 bridgehead atoms. The summed E-state index contributed by atoms with van der Waals surface area (Å²) in [6, 6.07) is 7.72. The van der Waals surface area contributed by atoms with Crippen LogP contribution in [0.1, 0.15) is 13.3 Å². The zero-order valence-electron chi connectivity index (χ0n) is 14.3. The average molecular weight is 338 g/mol. The fourth-order valence-electron chi connectivity index (χ4n) is 3.07. The second-order valence-electron chi connectivity index (χ2n) is 6.11. The molecule has 1 fully saturated rings. The minimum absolute atomic E-state index is 0.0659. The number of aromatic amines is 1. The van der Waals surface area contributed by atoms with E-state index in [9.17, 15) is 9.59 Å². The van der Waals surface area contributed by atoms with E-state index in [0.29, 0.717) is 18.8 Å². The van der Waals surface area contributed by atoms with Gasteiger partial charge in [0.2, 0.25) is 5.91 Å². The van der Waals surface area contributed by atoms with E-state index >= 15 is 0 Å². The molecule has 1 aliphatic rings. The van der Waals surface area contributed by atoms with Crippen LogP contribution in [0.25, 0.3) is 11.3 Å². The molecule has 1 saturated heterocycles. The third kappa shape index (κ3) is 3.47. The molecule has 3 heterocycles. The van der Waals surface area contributed by atoms with Crippen LogP contribution in [0.15, 0.2) is 54.1 Å². The van der Waals surface area contributed by atoms with E-state index in [1.165, 1.54) is 6.08 Å². The van der Waals surface area contributed by atoms with Crippen LogP contribution in [0.3, 0.4) is 0 Å². The molecule has 0 unspecified atom stereocenters. The predicted octanol–water partition coefficient (Wildman–Crippen LogP) is 2.05. The Kier molecular flexibility index (Phi) is 4.97. The highest BCUT2D eigenvalue weighted by atomic mass is 16.2. The molecule has 0 aliphatic carbocycles. The maximum absolute atomic E-state index is 12.4. The number of carbonyl (C=O) groups is 1. The average Bonchev–Trinajstić information content (AvgIpc) is 2.61. The Morgan fingerprint density at radius 1 is 1.48 bits per heavy atom. The third-order valence-corrected chi connectivity index (χ3v) is 4.41. The fourth-order valence-corrected chi connectivity index (χ4v) is 3.07. The first-order valence-corrected chi connectivity index (χ1v) is 8.46. The number of hydrogen-bond acceptors (Lipinski definition) is 4. The van der Waals surface area contributed by atoms with Gasteiger partial charge in [0.15, 0.2) is 0 Å². The van der Waals surface area contributed by atoms with Crippen molar-refractivity contribution in [3.63, 3.8) is 0 Å². The van der Waals surface area contributed by atoms with Crippen LogP contribution in [0.4, 0.5) is 5.69 Å². The summed E-state index contributed by atoms with van der Waals surface area (Å²) in [6.07, 6.45) is 5.66. The van der Waals surface area contributed by atoms with Gasteiger partial charge in [-0.05, 0) is 30.7 Å². The summed E-state index contributed by atoms with van der Waals surface area (Å²) in [6.45, 7) is 7.58. The van der Waals surface area contributed by atoms with Gasteiger partial charge in [0.25, 0.3) is 5.56 Å². The zero-order chi connectivity index (χ0) is 17.8. The molecule has 0 radical (unpaired) electrons. The van der Waals surface area contributed by atoms with Crippen molar-refractivity contribution in [3.05, 3.63) is 59.7 Å². The Bertz CT molecular complexity index is 810. The molecule has 6 heteroatoms. The largest absolute Gasteiger partial charge is 0.361 e. The molecule has 0 aromatic carbocycles. The Morgan fingerprint density at radius 2 is 2.28 bits per heavy atom. The molecule has 25 heavy (non-hydrogen) atoms. The number of rotatable bonds is 6. The van der Waals surface area contributed by atoms with Crippen molar-refractivity contribution in [2.24, 2.45) is 0 Å². The van der Waals surface area contributed by atoms with Crippen molar-refractivity contribution < 1.29 is 4.79 Å². The van der Waals surface area contributed by atoms with Crippen LogP contribution in [-0.2, 0) is 4.79 Å². The molecule has 1 aliphatic heterocycles. The van der Waals surface area contributed by atoms with E-state index in [4.69, 9.17) is 0 Å². The van der Waals surface area contributed by atoms with Crippen molar-refractivity contribution in [1.82, 2.24) is 14.9 Å². The highest BCUT2D eigenvalue weighted by Gasteiger charge is 2.34. The topological polar surface area (TPSA) is 69.3 Å². The number of nitrogens with zero attached hydrogens (tertiary/aromatic N) is 3. The monoisotopic (exact) mass is 338 g/mol. The van der Waals surface area contributed by atoms with Gasteiger partial charge in [-0.2, -0.15) is 0 Å². The maximum Gasteiger partial charge on any atom is 0.271 e. The van der Waals surface area contributed by atoms with E-state index in [0.717, 1.165) is 24.2 Å². The zero-order valence-corrected chi connectivity index (χ0v) is 14.3. The number of nitrogens with one attached hydrogen (secondary N) is 1. The standard InChI is InChI=1S/C19H22N4O2/c1-3-9-23(15-12-22(13-15)18(24)4-2)17-10-14(11-21-19(17)25)16-7-5-6-8-20-16/h4-8,10-11,15H,2-3,9,12-13H2,1H3,(H,21,25). The Morgan fingerprint density at radius 3 is 2.92 bits per heavy atom. The molecular weight excluding hydrogens is 316 g/mol. The lowest BCUT2D eigenvalue weighted by molar-refractivity contribution is -0.130. The van der Waals surface area contributed by atoms with Crippen LogP contribution in [-0.4, -0.2) is 46.5 Å². The van der Waals surface area contributed by atoms with E-state index in [1.54, 1.807) is 17.3 Å².